The summed E-state index contributed by atoms with van der Waals surface area (Å²) in [6.07, 6.45) is 0. The van der Waals surface area contributed by atoms with E-state index < -0.39 is 0 Å². The summed E-state index contributed by atoms with van der Waals surface area (Å²) in [4.78, 5) is 15.5. The maximum absolute atomic E-state index is 11.2. The molecule has 2 aromatic rings. The normalized spacial score (nSPS) is 13.0. The van der Waals surface area contributed by atoms with Crippen LogP contribution in [0, 0.1) is 0 Å². The SMILES string of the molecule is CC(=O)/C(N=Nc1nc2ccc(Br)cc2s1)=C(\C)O. The molecule has 5 nitrogen and oxygen atoms in total. The number of fused-ring (bicyclic) bond motifs is 1. The Morgan fingerprint density at radius 3 is 2.79 bits per heavy atom. The van der Waals surface area contributed by atoms with Gasteiger partial charge < -0.3 is 5.11 Å². The summed E-state index contributed by atoms with van der Waals surface area (Å²) in [6, 6.07) is 5.70. The molecule has 7 heteroatoms. The van der Waals surface area contributed by atoms with Crippen molar-refractivity contribution < 1.29 is 9.90 Å². The Balaban J connectivity index is 2.36. The average molecular weight is 340 g/mol. The molecule has 1 aromatic heterocycles. The number of carbonyl (C=O) groups excluding carboxylic acids is 1. The fraction of sp³-hybridized carbons (Fsp3) is 0.167. The second-order valence-corrected chi connectivity index (χ2v) is 5.72. The third-order valence-corrected chi connectivity index (χ3v) is 3.65. The van der Waals surface area contributed by atoms with Gasteiger partial charge in [-0.05, 0) is 25.1 Å². The van der Waals surface area contributed by atoms with Crippen LogP contribution in [0.2, 0.25) is 0 Å². The van der Waals surface area contributed by atoms with Crippen LogP contribution in [0.5, 0.6) is 0 Å². The van der Waals surface area contributed by atoms with E-state index in [1.54, 1.807) is 0 Å². The molecule has 1 aromatic carbocycles. The highest BCUT2D eigenvalue weighted by Gasteiger charge is 2.08. The summed E-state index contributed by atoms with van der Waals surface area (Å²) in [5.41, 5.74) is 0.761. The summed E-state index contributed by atoms with van der Waals surface area (Å²) in [5.74, 6) is -0.493. The van der Waals surface area contributed by atoms with E-state index in [0.717, 1.165) is 14.7 Å². The van der Waals surface area contributed by atoms with Gasteiger partial charge in [0.2, 0.25) is 5.13 Å². The van der Waals surface area contributed by atoms with E-state index in [-0.39, 0.29) is 17.2 Å². The minimum atomic E-state index is -0.340. The van der Waals surface area contributed by atoms with Gasteiger partial charge in [-0.3, -0.25) is 4.79 Å². The maximum atomic E-state index is 11.2. The number of halogens is 1. The standard InChI is InChI=1S/C12H10BrN3O2S/c1-6(17)11(7(2)18)15-16-12-14-9-4-3-8(13)5-10(9)19-12/h3-5,17H,1-2H3/b11-6-,16-15?. The Morgan fingerprint density at radius 2 is 2.16 bits per heavy atom. The molecule has 0 spiro atoms. The predicted octanol–water partition coefficient (Wildman–Crippen LogP) is 4.52. The fourth-order valence-electron chi connectivity index (χ4n) is 1.42. The first-order valence-electron chi connectivity index (χ1n) is 5.36. The molecule has 0 fully saturated rings. The van der Waals surface area contributed by atoms with Crippen molar-refractivity contribution in [2.45, 2.75) is 13.8 Å². The second kappa shape index (κ2) is 5.58. The van der Waals surface area contributed by atoms with E-state index in [4.69, 9.17) is 0 Å². The van der Waals surface area contributed by atoms with Crippen LogP contribution >= 0.6 is 27.3 Å². The van der Waals surface area contributed by atoms with Gasteiger partial charge in [-0.1, -0.05) is 27.3 Å². The summed E-state index contributed by atoms with van der Waals surface area (Å²) < 4.78 is 1.93. The van der Waals surface area contributed by atoms with Crippen molar-refractivity contribution in [3.05, 3.63) is 34.1 Å². The highest BCUT2D eigenvalue weighted by Crippen LogP contribution is 2.30. The average Bonchev–Trinajstić information content (AvgIpc) is 2.70. The first-order chi connectivity index (χ1) is 8.97. The lowest BCUT2D eigenvalue weighted by molar-refractivity contribution is -0.113. The highest BCUT2D eigenvalue weighted by molar-refractivity contribution is 9.10. The first-order valence-corrected chi connectivity index (χ1v) is 6.97. The smallest absolute Gasteiger partial charge is 0.231 e. The van der Waals surface area contributed by atoms with E-state index in [2.05, 4.69) is 31.1 Å². The molecule has 0 atom stereocenters. The lowest BCUT2D eigenvalue weighted by Crippen LogP contribution is -1.96. The number of azo groups is 1. The second-order valence-electron chi connectivity index (χ2n) is 3.80. The largest absolute Gasteiger partial charge is 0.510 e. The van der Waals surface area contributed by atoms with Gasteiger partial charge in [-0.25, -0.2) is 4.98 Å². The van der Waals surface area contributed by atoms with Gasteiger partial charge in [0.05, 0.1) is 10.2 Å². The van der Waals surface area contributed by atoms with Crippen LogP contribution in [-0.2, 0) is 4.79 Å². The number of carbonyl (C=O) groups is 1. The number of Topliss-reactive ketones (excluding diaryl/α,β-unsaturated/α-hetero) is 1. The van der Waals surface area contributed by atoms with Crippen LogP contribution < -0.4 is 0 Å². The monoisotopic (exact) mass is 339 g/mol. The number of allylic oxidation sites excluding steroid dienone is 2. The fourth-order valence-corrected chi connectivity index (χ4v) is 2.76. The van der Waals surface area contributed by atoms with Crippen molar-refractivity contribution in [2.24, 2.45) is 10.2 Å². The zero-order valence-corrected chi connectivity index (χ0v) is 12.6. The molecule has 98 valence electrons. The van der Waals surface area contributed by atoms with Gasteiger partial charge in [0, 0.05) is 11.4 Å². The molecule has 0 aliphatic rings. The number of aromatic nitrogens is 1. The lowest BCUT2D eigenvalue weighted by atomic mass is 10.3. The van der Waals surface area contributed by atoms with Crippen LogP contribution in [0.4, 0.5) is 5.13 Å². The number of thiazole rings is 1. The van der Waals surface area contributed by atoms with Gasteiger partial charge in [0.25, 0.3) is 0 Å². The predicted molar refractivity (Wildman–Crippen MR) is 77.8 cm³/mol. The number of nitrogens with zero attached hydrogens (tertiary/aromatic N) is 3. The summed E-state index contributed by atoms with van der Waals surface area (Å²) >= 11 is 4.74. The number of aliphatic hydroxyl groups excluding tert-OH is 1. The minimum Gasteiger partial charge on any atom is -0.510 e. The number of benzene rings is 1. The van der Waals surface area contributed by atoms with Crippen molar-refractivity contribution in [1.29, 1.82) is 0 Å². The number of ketones is 1. The Kier molecular flexibility index (Phi) is 4.06. The molecular formula is C12H10BrN3O2S. The summed E-state index contributed by atoms with van der Waals surface area (Å²) in [7, 11) is 0. The highest BCUT2D eigenvalue weighted by atomic mass is 79.9. The number of hydrogen-bond acceptors (Lipinski definition) is 6. The van der Waals surface area contributed by atoms with Gasteiger partial charge in [0.15, 0.2) is 11.5 Å². The molecular weight excluding hydrogens is 330 g/mol. The van der Waals surface area contributed by atoms with Crippen molar-refractivity contribution in [2.75, 3.05) is 0 Å². The molecule has 0 radical (unpaired) electrons. The molecule has 0 saturated carbocycles. The van der Waals surface area contributed by atoms with E-state index in [1.165, 1.54) is 25.2 Å². The van der Waals surface area contributed by atoms with Gasteiger partial charge >= 0.3 is 0 Å². The van der Waals surface area contributed by atoms with Crippen molar-refractivity contribution in [3.63, 3.8) is 0 Å². The molecule has 0 bridgehead atoms. The zero-order valence-electron chi connectivity index (χ0n) is 10.2. The molecule has 1 N–H and O–H groups in total. The quantitative estimate of drug-likeness (QED) is 0.507. The third-order valence-electron chi connectivity index (χ3n) is 2.25. The molecule has 0 unspecified atom stereocenters. The Bertz CT molecular complexity index is 702. The van der Waals surface area contributed by atoms with Crippen LogP contribution in [0.3, 0.4) is 0 Å². The third kappa shape index (κ3) is 3.24. The molecule has 19 heavy (non-hydrogen) atoms. The zero-order chi connectivity index (χ0) is 14.0. The van der Waals surface area contributed by atoms with E-state index >= 15 is 0 Å². The van der Waals surface area contributed by atoms with Gasteiger partial charge in [-0.15, -0.1) is 10.2 Å². The van der Waals surface area contributed by atoms with Crippen LogP contribution in [0.1, 0.15) is 13.8 Å². The Morgan fingerprint density at radius 1 is 1.42 bits per heavy atom. The molecule has 0 amide bonds. The number of hydrogen-bond donors (Lipinski definition) is 1. The summed E-state index contributed by atoms with van der Waals surface area (Å²) in [5, 5.41) is 17.4. The van der Waals surface area contributed by atoms with E-state index in [9.17, 15) is 9.90 Å². The lowest BCUT2D eigenvalue weighted by Gasteiger charge is -1.94. The van der Waals surface area contributed by atoms with Crippen LogP contribution in [-0.4, -0.2) is 15.9 Å². The molecule has 2 rings (SSSR count). The molecule has 0 saturated heterocycles. The minimum absolute atomic E-state index is 0.0552. The van der Waals surface area contributed by atoms with Crippen LogP contribution in [0.15, 0.2) is 44.4 Å². The Labute approximate surface area is 121 Å². The first kappa shape index (κ1) is 13.8. The van der Waals surface area contributed by atoms with Crippen molar-refractivity contribution >= 4 is 48.4 Å². The molecule has 0 aliphatic heterocycles. The molecule has 0 aliphatic carbocycles. The van der Waals surface area contributed by atoms with Gasteiger partial charge in [-0.2, -0.15) is 0 Å². The number of rotatable bonds is 3. The Hall–Kier alpha value is -1.60. The van der Waals surface area contributed by atoms with E-state index in [1.807, 2.05) is 18.2 Å². The summed E-state index contributed by atoms with van der Waals surface area (Å²) in [6.45, 7) is 2.72. The van der Waals surface area contributed by atoms with E-state index in [0.29, 0.717) is 5.13 Å². The topological polar surface area (TPSA) is 74.9 Å². The maximum Gasteiger partial charge on any atom is 0.231 e. The van der Waals surface area contributed by atoms with Crippen LogP contribution in [0.25, 0.3) is 10.2 Å². The van der Waals surface area contributed by atoms with Crippen molar-refractivity contribution in [3.8, 4) is 0 Å². The molecule has 1 heterocycles. The number of aliphatic hydroxyl groups is 1. The van der Waals surface area contributed by atoms with Crippen molar-refractivity contribution in [1.82, 2.24) is 4.98 Å². The van der Waals surface area contributed by atoms with Gasteiger partial charge in [0.1, 0.15) is 5.76 Å².